The van der Waals surface area contributed by atoms with E-state index in [2.05, 4.69) is 5.43 Å². The zero-order chi connectivity index (χ0) is 14.4. The van der Waals surface area contributed by atoms with Crippen molar-refractivity contribution in [3.63, 3.8) is 0 Å². The Morgan fingerprint density at radius 3 is 1.70 bits per heavy atom. The molecule has 0 radical (unpaired) electrons. The fourth-order valence-electron chi connectivity index (χ4n) is 1.67. The number of para-hydroxylation sites is 2. The van der Waals surface area contributed by atoms with Crippen LogP contribution in [0.25, 0.3) is 0 Å². The van der Waals surface area contributed by atoms with Crippen molar-refractivity contribution in [1.82, 2.24) is 5.43 Å². The number of benzene rings is 2. The van der Waals surface area contributed by atoms with Crippen molar-refractivity contribution in [3.8, 4) is 11.5 Å². The maximum atomic E-state index is 12.0. The Bertz CT molecular complexity index is 516. The summed E-state index contributed by atoms with van der Waals surface area (Å²) >= 11 is 0. The molecule has 0 aliphatic carbocycles. The van der Waals surface area contributed by atoms with E-state index in [9.17, 15) is 4.79 Å². The summed E-state index contributed by atoms with van der Waals surface area (Å²) in [4.78, 5) is 12.0. The van der Waals surface area contributed by atoms with E-state index < -0.39 is 11.7 Å². The second kappa shape index (κ2) is 6.08. The molecule has 5 nitrogen and oxygen atoms in total. The molecule has 2 aromatic carbocycles. The van der Waals surface area contributed by atoms with Gasteiger partial charge in [0.2, 0.25) is 0 Å². The number of hydrogen-bond acceptors (Lipinski definition) is 4. The van der Waals surface area contributed by atoms with Crippen molar-refractivity contribution in [1.29, 1.82) is 0 Å². The molecule has 0 unspecified atom stereocenters. The average molecular weight is 272 g/mol. The first-order chi connectivity index (χ1) is 9.64. The fraction of sp³-hybridized carbons (Fsp3) is 0.133. The van der Waals surface area contributed by atoms with E-state index in [1.165, 1.54) is 6.92 Å². The van der Waals surface area contributed by atoms with Crippen LogP contribution >= 0.6 is 0 Å². The highest BCUT2D eigenvalue weighted by Crippen LogP contribution is 2.22. The van der Waals surface area contributed by atoms with Crippen molar-refractivity contribution in [3.05, 3.63) is 60.7 Å². The van der Waals surface area contributed by atoms with Crippen molar-refractivity contribution in [2.75, 3.05) is 0 Å². The zero-order valence-corrected chi connectivity index (χ0v) is 11.1. The molecule has 0 bridgehead atoms. The molecule has 2 aromatic rings. The molecular formula is C15H16N2O3. The number of hydrogen-bond donors (Lipinski definition) is 2. The molecule has 2 rings (SSSR count). The summed E-state index contributed by atoms with van der Waals surface area (Å²) in [6.45, 7) is 1.51. The third-order valence-corrected chi connectivity index (χ3v) is 2.66. The number of hydrazine groups is 1. The molecule has 1 amide bonds. The van der Waals surface area contributed by atoms with Crippen molar-refractivity contribution in [2.45, 2.75) is 12.7 Å². The van der Waals surface area contributed by atoms with E-state index >= 15 is 0 Å². The van der Waals surface area contributed by atoms with Crippen LogP contribution in [0.4, 0.5) is 0 Å². The van der Waals surface area contributed by atoms with E-state index in [4.69, 9.17) is 15.3 Å². The second-order valence-corrected chi connectivity index (χ2v) is 4.25. The fourth-order valence-corrected chi connectivity index (χ4v) is 1.67. The van der Waals surface area contributed by atoms with Crippen LogP contribution in [-0.2, 0) is 4.79 Å². The molecule has 0 saturated carbocycles. The van der Waals surface area contributed by atoms with Crippen LogP contribution < -0.4 is 20.7 Å². The van der Waals surface area contributed by atoms with Gasteiger partial charge in [-0.3, -0.25) is 10.2 Å². The Morgan fingerprint density at radius 2 is 1.35 bits per heavy atom. The van der Waals surface area contributed by atoms with Crippen LogP contribution in [0.3, 0.4) is 0 Å². The first kappa shape index (κ1) is 13.9. The van der Waals surface area contributed by atoms with Crippen LogP contribution in [0, 0.1) is 0 Å². The second-order valence-electron chi connectivity index (χ2n) is 4.25. The number of nitrogens with one attached hydrogen (secondary N) is 1. The van der Waals surface area contributed by atoms with Gasteiger partial charge < -0.3 is 9.47 Å². The molecule has 0 fully saturated rings. The van der Waals surface area contributed by atoms with Gasteiger partial charge in [-0.05, 0) is 24.3 Å². The summed E-state index contributed by atoms with van der Waals surface area (Å²) in [5, 5.41) is 0. The lowest BCUT2D eigenvalue weighted by molar-refractivity contribution is -0.162. The highest BCUT2D eigenvalue weighted by Gasteiger charge is 2.38. The number of nitrogens with two attached hydrogens (primary N) is 1. The number of ether oxygens (including phenoxy) is 2. The van der Waals surface area contributed by atoms with Gasteiger partial charge in [0.15, 0.2) is 0 Å². The lowest BCUT2D eigenvalue weighted by Gasteiger charge is -2.29. The maximum absolute atomic E-state index is 12.0. The Labute approximate surface area is 117 Å². The average Bonchev–Trinajstić information content (AvgIpc) is 2.48. The Balaban J connectivity index is 2.24. The normalized spacial score (nSPS) is 10.7. The molecule has 0 spiro atoms. The topological polar surface area (TPSA) is 73.6 Å². The minimum Gasteiger partial charge on any atom is -0.444 e. The highest BCUT2D eigenvalue weighted by atomic mass is 16.7. The molecule has 0 aliphatic heterocycles. The van der Waals surface area contributed by atoms with Crippen molar-refractivity contribution in [2.24, 2.45) is 5.84 Å². The molecule has 3 N–H and O–H groups in total. The lowest BCUT2D eigenvalue weighted by Crippen LogP contribution is -2.55. The van der Waals surface area contributed by atoms with E-state index in [1.807, 2.05) is 12.1 Å². The standard InChI is InChI=1S/C15H16N2O3/c1-15(14(18)17-16,19-12-8-4-2-5-9-12)20-13-10-6-3-7-11-13/h2-11H,16H2,1H3,(H,17,18). The van der Waals surface area contributed by atoms with Crippen LogP contribution in [-0.4, -0.2) is 11.7 Å². The van der Waals surface area contributed by atoms with Gasteiger partial charge in [0.25, 0.3) is 0 Å². The predicted octanol–water partition coefficient (Wildman–Crippen LogP) is 1.85. The SMILES string of the molecule is CC(Oc1ccccc1)(Oc1ccccc1)C(=O)NN. The molecule has 0 aromatic heterocycles. The molecular weight excluding hydrogens is 256 g/mol. The summed E-state index contributed by atoms with van der Waals surface area (Å²) in [6.07, 6.45) is 0. The van der Waals surface area contributed by atoms with Crippen LogP contribution in [0.15, 0.2) is 60.7 Å². The van der Waals surface area contributed by atoms with Gasteiger partial charge in [0.1, 0.15) is 11.5 Å². The van der Waals surface area contributed by atoms with E-state index in [0.717, 1.165) is 0 Å². The molecule has 0 aliphatic rings. The molecule has 0 atom stereocenters. The van der Waals surface area contributed by atoms with Crippen LogP contribution in [0.2, 0.25) is 0 Å². The summed E-state index contributed by atoms with van der Waals surface area (Å²) in [5.41, 5.74) is 2.06. The molecule has 5 heteroatoms. The summed E-state index contributed by atoms with van der Waals surface area (Å²) in [5.74, 6) is 4.09. The van der Waals surface area contributed by atoms with Gasteiger partial charge in [0, 0.05) is 6.92 Å². The summed E-state index contributed by atoms with van der Waals surface area (Å²) < 4.78 is 11.3. The molecule has 0 saturated heterocycles. The Kier molecular flexibility index (Phi) is 4.22. The van der Waals surface area contributed by atoms with Crippen LogP contribution in [0.5, 0.6) is 11.5 Å². The third-order valence-electron chi connectivity index (χ3n) is 2.66. The summed E-state index contributed by atoms with van der Waals surface area (Å²) in [7, 11) is 0. The number of carbonyl (C=O) groups excluding carboxylic acids is 1. The van der Waals surface area contributed by atoms with Crippen molar-refractivity contribution >= 4 is 5.91 Å². The molecule has 104 valence electrons. The minimum atomic E-state index is -1.56. The maximum Gasteiger partial charge on any atom is 0.330 e. The third kappa shape index (κ3) is 3.27. The summed E-state index contributed by atoms with van der Waals surface area (Å²) in [6, 6.07) is 17.9. The first-order valence-electron chi connectivity index (χ1n) is 6.13. The lowest BCUT2D eigenvalue weighted by atomic mass is 10.2. The van der Waals surface area contributed by atoms with E-state index in [0.29, 0.717) is 11.5 Å². The molecule has 20 heavy (non-hydrogen) atoms. The Hall–Kier alpha value is -2.53. The number of rotatable bonds is 5. The largest absolute Gasteiger partial charge is 0.444 e. The Morgan fingerprint density at radius 1 is 0.950 bits per heavy atom. The van der Waals surface area contributed by atoms with Gasteiger partial charge in [-0.1, -0.05) is 36.4 Å². The van der Waals surface area contributed by atoms with Crippen molar-refractivity contribution < 1.29 is 14.3 Å². The van der Waals surface area contributed by atoms with Crippen LogP contribution in [0.1, 0.15) is 6.92 Å². The first-order valence-corrected chi connectivity index (χ1v) is 6.13. The van der Waals surface area contributed by atoms with Gasteiger partial charge in [-0.15, -0.1) is 0 Å². The van der Waals surface area contributed by atoms with Gasteiger partial charge in [-0.25, -0.2) is 5.84 Å². The zero-order valence-electron chi connectivity index (χ0n) is 11.1. The monoisotopic (exact) mass is 272 g/mol. The molecule has 0 heterocycles. The smallest absolute Gasteiger partial charge is 0.330 e. The van der Waals surface area contributed by atoms with Gasteiger partial charge in [-0.2, -0.15) is 0 Å². The number of amides is 1. The predicted molar refractivity (Wildman–Crippen MR) is 74.9 cm³/mol. The minimum absolute atomic E-state index is 0.509. The van der Waals surface area contributed by atoms with Gasteiger partial charge >= 0.3 is 11.7 Å². The van der Waals surface area contributed by atoms with Gasteiger partial charge in [0.05, 0.1) is 0 Å². The van der Waals surface area contributed by atoms with E-state index in [-0.39, 0.29) is 0 Å². The highest BCUT2D eigenvalue weighted by molar-refractivity contribution is 5.83. The van der Waals surface area contributed by atoms with E-state index in [1.54, 1.807) is 48.5 Å². The number of carbonyl (C=O) groups is 1. The quantitative estimate of drug-likeness (QED) is 0.377.